The Balaban J connectivity index is 2.45. The molecule has 0 spiro atoms. The Morgan fingerprint density at radius 3 is 2.79 bits per heavy atom. The van der Waals surface area contributed by atoms with Crippen molar-refractivity contribution in [1.82, 2.24) is 4.31 Å². The van der Waals surface area contributed by atoms with Gasteiger partial charge in [-0.25, -0.2) is 12.8 Å². The minimum atomic E-state index is -3.75. The summed E-state index contributed by atoms with van der Waals surface area (Å²) in [4.78, 5) is -0.0138. The van der Waals surface area contributed by atoms with Crippen molar-refractivity contribution in [3.63, 3.8) is 0 Å². The monoisotopic (exact) mass is 287 g/mol. The Morgan fingerprint density at radius 1 is 1.47 bits per heavy atom. The minimum Gasteiger partial charge on any atom is -0.395 e. The summed E-state index contributed by atoms with van der Waals surface area (Å²) < 4.78 is 39.7. The van der Waals surface area contributed by atoms with Crippen molar-refractivity contribution in [3.05, 3.63) is 29.6 Å². The Kier molecular flexibility index (Phi) is 3.94. The zero-order valence-electron chi connectivity index (χ0n) is 11.0. The number of rotatable bonds is 3. The minimum absolute atomic E-state index is 0.0138. The number of aryl methyl sites for hydroxylation is 1. The first-order valence-corrected chi connectivity index (χ1v) is 7.70. The average molecular weight is 287 g/mol. The van der Waals surface area contributed by atoms with Crippen LogP contribution >= 0.6 is 0 Å². The van der Waals surface area contributed by atoms with E-state index in [4.69, 9.17) is 0 Å². The van der Waals surface area contributed by atoms with E-state index >= 15 is 0 Å². The molecule has 0 radical (unpaired) electrons. The average Bonchev–Trinajstić information content (AvgIpc) is 2.74. The van der Waals surface area contributed by atoms with Crippen LogP contribution in [0.1, 0.15) is 18.9 Å². The predicted molar refractivity (Wildman–Crippen MR) is 69.7 cm³/mol. The summed E-state index contributed by atoms with van der Waals surface area (Å²) >= 11 is 0. The molecule has 4 nitrogen and oxygen atoms in total. The van der Waals surface area contributed by atoms with E-state index in [1.165, 1.54) is 16.4 Å². The molecular formula is C13H18FNO3S. The molecule has 0 bridgehead atoms. The molecule has 0 aromatic heterocycles. The molecule has 6 heteroatoms. The first-order valence-electron chi connectivity index (χ1n) is 6.26. The second kappa shape index (κ2) is 5.19. The molecule has 1 fully saturated rings. The van der Waals surface area contributed by atoms with Crippen LogP contribution in [0.4, 0.5) is 4.39 Å². The standard InChI is InChI=1S/C13H18FNO3S/c1-9-5-6-15(12(9)8-16)19(17,18)13-7-11(14)4-3-10(13)2/h3-4,7,9,12,16H,5-6,8H2,1-2H3. The van der Waals surface area contributed by atoms with Gasteiger partial charge in [-0.15, -0.1) is 0 Å². The quantitative estimate of drug-likeness (QED) is 0.917. The lowest BCUT2D eigenvalue weighted by atomic mass is 10.0. The molecule has 1 aromatic carbocycles. The maximum atomic E-state index is 13.3. The number of sulfonamides is 1. The lowest BCUT2D eigenvalue weighted by Gasteiger charge is -2.25. The van der Waals surface area contributed by atoms with Gasteiger partial charge in [-0.1, -0.05) is 13.0 Å². The third-order valence-electron chi connectivity index (χ3n) is 3.76. The van der Waals surface area contributed by atoms with E-state index in [0.29, 0.717) is 18.5 Å². The first-order chi connectivity index (χ1) is 8.87. The molecule has 19 heavy (non-hydrogen) atoms. The largest absolute Gasteiger partial charge is 0.395 e. The lowest BCUT2D eigenvalue weighted by Crippen LogP contribution is -2.40. The molecule has 0 aliphatic carbocycles. The number of hydrogen-bond donors (Lipinski definition) is 1. The molecule has 1 heterocycles. The SMILES string of the molecule is Cc1ccc(F)cc1S(=O)(=O)N1CCC(C)C1CO. The van der Waals surface area contributed by atoms with Gasteiger partial charge in [0.05, 0.1) is 17.5 Å². The summed E-state index contributed by atoms with van der Waals surface area (Å²) in [6, 6.07) is 3.31. The van der Waals surface area contributed by atoms with E-state index in [1.54, 1.807) is 6.92 Å². The van der Waals surface area contributed by atoms with Crippen molar-refractivity contribution in [2.45, 2.75) is 31.2 Å². The highest BCUT2D eigenvalue weighted by atomic mass is 32.2. The fourth-order valence-corrected chi connectivity index (χ4v) is 4.49. The van der Waals surface area contributed by atoms with Crippen LogP contribution in [-0.4, -0.2) is 37.0 Å². The first kappa shape index (κ1) is 14.4. The van der Waals surface area contributed by atoms with Gasteiger partial charge in [-0.3, -0.25) is 0 Å². The number of hydrogen-bond acceptors (Lipinski definition) is 3. The molecule has 2 rings (SSSR count). The Bertz CT molecular complexity index is 573. The van der Waals surface area contributed by atoms with Crippen LogP contribution < -0.4 is 0 Å². The van der Waals surface area contributed by atoms with E-state index in [2.05, 4.69) is 0 Å². The van der Waals surface area contributed by atoms with Crippen LogP contribution in [0.2, 0.25) is 0 Å². The van der Waals surface area contributed by atoms with Crippen LogP contribution in [0.3, 0.4) is 0 Å². The van der Waals surface area contributed by atoms with Crippen LogP contribution in [0, 0.1) is 18.7 Å². The second-order valence-corrected chi connectivity index (χ2v) is 6.90. The fourth-order valence-electron chi connectivity index (χ4n) is 2.52. The molecule has 2 atom stereocenters. The summed E-state index contributed by atoms with van der Waals surface area (Å²) in [5.74, 6) is -0.467. The highest BCUT2D eigenvalue weighted by Gasteiger charge is 2.39. The predicted octanol–water partition coefficient (Wildman–Crippen LogP) is 1.53. The molecule has 1 N–H and O–H groups in total. The van der Waals surface area contributed by atoms with E-state index in [-0.39, 0.29) is 17.4 Å². The number of benzene rings is 1. The van der Waals surface area contributed by atoms with Crippen molar-refractivity contribution in [2.75, 3.05) is 13.2 Å². The van der Waals surface area contributed by atoms with E-state index < -0.39 is 21.9 Å². The number of nitrogens with zero attached hydrogens (tertiary/aromatic N) is 1. The molecular weight excluding hydrogens is 269 g/mol. The van der Waals surface area contributed by atoms with Gasteiger partial charge < -0.3 is 5.11 Å². The van der Waals surface area contributed by atoms with Crippen LogP contribution in [0.25, 0.3) is 0 Å². The van der Waals surface area contributed by atoms with Gasteiger partial charge in [-0.2, -0.15) is 4.31 Å². The Labute approximate surface area is 112 Å². The number of halogens is 1. The van der Waals surface area contributed by atoms with E-state index in [9.17, 15) is 17.9 Å². The zero-order valence-corrected chi connectivity index (χ0v) is 11.8. The molecule has 106 valence electrons. The Hall–Kier alpha value is -0.980. The normalized spacial score (nSPS) is 24.8. The summed E-state index contributed by atoms with van der Waals surface area (Å²) in [5, 5.41) is 9.36. The third-order valence-corrected chi connectivity index (χ3v) is 5.82. The summed E-state index contributed by atoms with van der Waals surface area (Å²) in [6.45, 7) is 3.70. The van der Waals surface area contributed by atoms with Crippen molar-refractivity contribution in [1.29, 1.82) is 0 Å². The van der Waals surface area contributed by atoms with Crippen LogP contribution in [-0.2, 0) is 10.0 Å². The number of aliphatic hydroxyl groups excluding tert-OH is 1. The smallest absolute Gasteiger partial charge is 0.243 e. The van der Waals surface area contributed by atoms with Gasteiger partial charge in [0, 0.05) is 6.54 Å². The van der Waals surface area contributed by atoms with Crippen LogP contribution in [0.15, 0.2) is 23.1 Å². The van der Waals surface area contributed by atoms with E-state index in [0.717, 1.165) is 6.07 Å². The molecule has 2 unspecified atom stereocenters. The molecule has 1 aliphatic rings. The second-order valence-electron chi connectivity index (χ2n) is 5.04. The maximum Gasteiger partial charge on any atom is 0.243 e. The zero-order chi connectivity index (χ0) is 14.2. The van der Waals surface area contributed by atoms with E-state index in [1.807, 2.05) is 6.92 Å². The summed E-state index contributed by atoms with van der Waals surface area (Å²) in [7, 11) is -3.75. The third kappa shape index (κ3) is 2.52. The molecule has 0 amide bonds. The van der Waals surface area contributed by atoms with Gasteiger partial charge in [0.25, 0.3) is 0 Å². The van der Waals surface area contributed by atoms with Gasteiger partial charge in [-0.05, 0) is 37.0 Å². The van der Waals surface area contributed by atoms with Crippen LogP contribution in [0.5, 0.6) is 0 Å². The van der Waals surface area contributed by atoms with Crippen molar-refractivity contribution < 1.29 is 17.9 Å². The van der Waals surface area contributed by atoms with Gasteiger partial charge in [0.15, 0.2) is 0 Å². The molecule has 1 saturated heterocycles. The highest BCUT2D eigenvalue weighted by molar-refractivity contribution is 7.89. The van der Waals surface area contributed by atoms with Crippen molar-refractivity contribution in [3.8, 4) is 0 Å². The molecule has 0 saturated carbocycles. The Morgan fingerprint density at radius 2 is 2.16 bits per heavy atom. The maximum absolute atomic E-state index is 13.3. The topological polar surface area (TPSA) is 57.6 Å². The van der Waals surface area contributed by atoms with Crippen molar-refractivity contribution in [2.24, 2.45) is 5.92 Å². The summed E-state index contributed by atoms with van der Waals surface area (Å²) in [6.07, 6.45) is 0.707. The van der Waals surface area contributed by atoms with Gasteiger partial charge >= 0.3 is 0 Å². The van der Waals surface area contributed by atoms with Crippen molar-refractivity contribution >= 4 is 10.0 Å². The van der Waals surface area contributed by atoms with Gasteiger partial charge in [0.1, 0.15) is 5.82 Å². The lowest BCUT2D eigenvalue weighted by molar-refractivity contribution is 0.191. The molecule has 1 aromatic rings. The molecule has 1 aliphatic heterocycles. The highest BCUT2D eigenvalue weighted by Crippen LogP contribution is 2.31. The van der Waals surface area contributed by atoms with Gasteiger partial charge in [0.2, 0.25) is 10.0 Å². The summed E-state index contributed by atoms with van der Waals surface area (Å²) in [5.41, 5.74) is 0.512. The number of aliphatic hydroxyl groups is 1. The fraction of sp³-hybridized carbons (Fsp3) is 0.538.